The van der Waals surface area contributed by atoms with Gasteiger partial charge in [0.25, 0.3) is 0 Å². The Morgan fingerprint density at radius 1 is 1.32 bits per heavy atom. The standard InChI is InChI=1S/C17H26FN/c1-11(2)13-5-7-17(19)15(8-13)9-14-10-16(18)6-4-12(14)3/h4,6,10-11,13,15,17H,5,7-9,19H2,1-3H3. The van der Waals surface area contributed by atoms with Crippen LogP contribution in [0.5, 0.6) is 0 Å². The lowest BCUT2D eigenvalue weighted by atomic mass is 9.72. The summed E-state index contributed by atoms with van der Waals surface area (Å²) < 4.78 is 13.4. The molecule has 2 N–H and O–H groups in total. The molecule has 0 radical (unpaired) electrons. The molecule has 3 atom stereocenters. The van der Waals surface area contributed by atoms with E-state index in [9.17, 15) is 4.39 Å². The van der Waals surface area contributed by atoms with Crippen molar-refractivity contribution in [3.8, 4) is 0 Å². The smallest absolute Gasteiger partial charge is 0.123 e. The highest BCUT2D eigenvalue weighted by Gasteiger charge is 2.29. The highest BCUT2D eigenvalue weighted by molar-refractivity contribution is 5.27. The minimum Gasteiger partial charge on any atom is -0.327 e. The summed E-state index contributed by atoms with van der Waals surface area (Å²) in [6.07, 6.45) is 4.47. The topological polar surface area (TPSA) is 26.0 Å². The molecule has 1 nitrogen and oxygen atoms in total. The van der Waals surface area contributed by atoms with E-state index < -0.39 is 0 Å². The minimum absolute atomic E-state index is 0.134. The Hall–Kier alpha value is -0.890. The van der Waals surface area contributed by atoms with Crippen molar-refractivity contribution in [2.75, 3.05) is 0 Å². The minimum atomic E-state index is -0.134. The van der Waals surface area contributed by atoms with E-state index in [0.717, 1.165) is 30.2 Å². The molecule has 0 aliphatic heterocycles. The quantitative estimate of drug-likeness (QED) is 0.874. The van der Waals surface area contributed by atoms with Crippen LogP contribution in [0.15, 0.2) is 18.2 Å². The predicted octanol–water partition coefficient (Wildman–Crippen LogP) is 4.08. The number of benzene rings is 1. The highest BCUT2D eigenvalue weighted by atomic mass is 19.1. The molecular formula is C17H26FN. The SMILES string of the molecule is Cc1ccc(F)cc1CC1CC(C(C)C)CCC1N. The second-order valence-electron chi connectivity index (χ2n) is 6.52. The Bertz CT molecular complexity index is 427. The van der Waals surface area contributed by atoms with Crippen molar-refractivity contribution in [2.45, 2.75) is 52.5 Å². The molecule has 0 aromatic heterocycles. The predicted molar refractivity (Wildman–Crippen MR) is 78.5 cm³/mol. The molecule has 1 aliphatic rings. The van der Waals surface area contributed by atoms with E-state index in [0.29, 0.717) is 5.92 Å². The Morgan fingerprint density at radius 3 is 2.74 bits per heavy atom. The first kappa shape index (κ1) is 14.5. The summed E-state index contributed by atoms with van der Waals surface area (Å²) in [7, 11) is 0. The van der Waals surface area contributed by atoms with Crippen LogP contribution in [0.4, 0.5) is 4.39 Å². The summed E-state index contributed by atoms with van der Waals surface area (Å²) in [5.41, 5.74) is 8.59. The zero-order valence-electron chi connectivity index (χ0n) is 12.3. The fraction of sp³-hybridized carbons (Fsp3) is 0.647. The summed E-state index contributed by atoms with van der Waals surface area (Å²) in [5, 5.41) is 0. The van der Waals surface area contributed by atoms with Crippen molar-refractivity contribution in [1.82, 2.24) is 0 Å². The molecule has 3 unspecified atom stereocenters. The lowest BCUT2D eigenvalue weighted by Gasteiger charge is -2.36. The van der Waals surface area contributed by atoms with Crippen molar-refractivity contribution < 1.29 is 4.39 Å². The maximum Gasteiger partial charge on any atom is 0.123 e. The van der Waals surface area contributed by atoms with Crippen LogP contribution in [0.25, 0.3) is 0 Å². The average molecular weight is 263 g/mol. The second kappa shape index (κ2) is 6.04. The summed E-state index contributed by atoms with van der Waals surface area (Å²) >= 11 is 0. The molecule has 19 heavy (non-hydrogen) atoms. The molecule has 0 saturated heterocycles. The zero-order valence-corrected chi connectivity index (χ0v) is 12.3. The molecule has 1 fully saturated rings. The zero-order chi connectivity index (χ0) is 14.0. The fourth-order valence-electron chi connectivity index (χ4n) is 3.31. The Morgan fingerprint density at radius 2 is 2.05 bits per heavy atom. The first-order valence-corrected chi connectivity index (χ1v) is 7.48. The number of hydrogen-bond acceptors (Lipinski definition) is 1. The van der Waals surface area contributed by atoms with Crippen LogP contribution in [0.3, 0.4) is 0 Å². The van der Waals surface area contributed by atoms with Gasteiger partial charge < -0.3 is 5.73 Å². The van der Waals surface area contributed by atoms with Crippen molar-refractivity contribution in [3.63, 3.8) is 0 Å². The van der Waals surface area contributed by atoms with Gasteiger partial charge >= 0.3 is 0 Å². The normalized spacial score (nSPS) is 27.8. The number of nitrogens with two attached hydrogens (primary N) is 1. The largest absolute Gasteiger partial charge is 0.327 e. The first-order valence-electron chi connectivity index (χ1n) is 7.48. The number of rotatable bonds is 3. The monoisotopic (exact) mass is 263 g/mol. The molecule has 0 spiro atoms. The lowest BCUT2D eigenvalue weighted by Crippen LogP contribution is -2.38. The molecule has 0 bridgehead atoms. The molecule has 106 valence electrons. The summed E-state index contributed by atoms with van der Waals surface area (Å²) in [6.45, 7) is 6.65. The maximum absolute atomic E-state index is 13.4. The third-order valence-electron chi connectivity index (χ3n) is 4.82. The van der Waals surface area contributed by atoms with Gasteiger partial charge in [-0.3, -0.25) is 0 Å². The lowest BCUT2D eigenvalue weighted by molar-refractivity contribution is 0.189. The van der Waals surface area contributed by atoms with E-state index in [1.54, 1.807) is 6.07 Å². The van der Waals surface area contributed by atoms with Crippen LogP contribution in [0.1, 0.15) is 44.2 Å². The third-order valence-corrected chi connectivity index (χ3v) is 4.82. The molecule has 1 saturated carbocycles. The van der Waals surface area contributed by atoms with E-state index in [-0.39, 0.29) is 11.9 Å². The van der Waals surface area contributed by atoms with Gasteiger partial charge in [-0.2, -0.15) is 0 Å². The molecule has 2 rings (SSSR count). The number of aryl methyl sites for hydroxylation is 1. The van der Waals surface area contributed by atoms with E-state index in [2.05, 4.69) is 20.8 Å². The van der Waals surface area contributed by atoms with Gasteiger partial charge in [-0.1, -0.05) is 19.9 Å². The van der Waals surface area contributed by atoms with E-state index in [4.69, 9.17) is 5.73 Å². The van der Waals surface area contributed by atoms with Crippen LogP contribution in [0.2, 0.25) is 0 Å². The molecule has 1 aromatic carbocycles. The summed E-state index contributed by atoms with van der Waals surface area (Å²) in [6, 6.07) is 5.37. The molecule has 0 heterocycles. The fourth-order valence-corrected chi connectivity index (χ4v) is 3.31. The van der Waals surface area contributed by atoms with E-state index >= 15 is 0 Å². The van der Waals surface area contributed by atoms with Crippen molar-refractivity contribution in [2.24, 2.45) is 23.5 Å². The van der Waals surface area contributed by atoms with Gasteiger partial charge in [0.05, 0.1) is 0 Å². The first-order chi connectivity index (χ1) is 8.97. The van der Waals surface area contributed by atoms with Crippen molar-refractivity contribution in [3.05, 3.63) is 35.1 Å². The molecule has 1 aromatic rings. The van der Waals surface area contributed by atoms with Crippen molar-refractivity contribution >= 4 is 0 Å². The van der Waals surface area contributed by atoms with Crippen LogP contribution >= 0.6 is 0 Å². The summed E-state index contributed by atoms with van der Waals surface area (Å²) in [5.74, 6) is 1.87. The van der Waals surface area contributed by atoms with Gasteiger partial charge in [0, 0.05) is 6.04 Å². The highest BCUT2D eigenvalue weighted by Crippen LogP contribution is 2.35. The van der Waals surface area contributed by atoms with Crippen LogP contribution in [-0.2, 0) is 6.42 Å². The molecule has 0 amide bonds. The number of hydrogen-bond donors (Lipinski definition) is 1. The Balaban J connectivity index is 2.09. The van der Waals surface area contributed by atoms with Gasteiger partial charge in [-0.25, -0.2) is 4.39 Å². The van der Waals surface area contributed by atoms with Gasteiger partial charge in [0.2, 0.25) is 0 Å². The van der Waals surface area contributed by atoms with Gasteiger partial charge in [-0.15, -0.1) is 0 Å². The third kappa shape index (κ3) is 3.56. The molecule has 1 aliphatic carbocycles. The molecular weight excluding hydrogens is 237 g/mol. The molecule has 2 heteroatoms. The Kier molecular flexibility index (Phi) is 4.62. The second-order valence-corrected chi connectivity index (χ2v) is 6.52. The average Bonchev–Trinajstić information content (AvgIpc) is 2.36. The van der Waals surface area contributed by atoms with Gasteiger partial charge in [-0.05, 0) is 73.6 Å². The maximum atomic E-state index is 13.4. The van der Waals surface area contributed by atoms with E-state index in [1.165, 1.54) is 24.5 Å². The van der Waals surface area contributed by atoms with E-state index in [1.807, 2.05) is 6.07 Å². The van der Waals surface area contributed by atoms with Gasteiger partial charge in [0.15, 0.2) is 0 Å². The number of halogens is 1. The van der Waals surface area contributed by atoms with Crippen molar-refractivity contribution in [1.29, 1.82) is 0 Å². The summed E-state index contributed by atoms with van der Waals surface area (Å²) in [4.78, 5) is 0. The van der Waals surface area contributed by atoms with Crippen LogP contribution in [-0.4, -0.2) is 6.04 Å². The van der Waals surface area contributed by atoms with Crippen LogP contribution < -0.4 is 5.73 Å². The Labute approximate surface area is 116 Å². The van der Waals surface area contributed by atoms with Gasteiger partial charge in [0.1, 0.15) is 5.82 Å². The van der Waals surface area contributed by atoms with Crippen LogP contribution in [0, 0.1) is 30.5 Å².